The van der Waals surface area contributed by atoms with Crippen LogP contribution < -0.4 is 0 Å². The number of hydrogen-bond acceptors (Lipinski definition) is 2. The van der Waals surface area contributed by atoms with E-state index in [0.29, 0.717) is 22.3 Å². The second-order valence-electron chi connectivity index (χ2n) is 12.0. The fraction of sp³-hybridized carbons (Fsp3) is 0. The maximum Gasteiger partial charge on any atom is 0.135 e. The van der Waals surface area contributed by atoms with Crippen molar-refractivity contribution in [3.05, 3.63) is 164 Å². The first-order valence-corrected chi connectivity index (χ1v) is 15.8. The molecular weight excluding hydrogens is 585 g/mol. The molecule has 0 amide bonds. The van der Waals surface area contributed by atoms with Gasteiger partial charge in [0.15, 0.2) is 0 Å². The van der Waals surface area contributed by atoms with Gasteiger partial charge in [0.25, 0.3) is 0 Å². The molecule has 1 heterocycles. The Morgan fingerprint density at radius 2 is 1.12 bits per heavy atom. The van der Waals surface area contributed by atoms with Gasteiger partial charge in [-0.1, -0.05) is 139 Å². The first kappa shape index (κ1) is 20.7. The highest BCUT2D eigenvalue weighted by Gasteiger charge is 2.20. The number of fused-ring (bicyclic) bond motifs is 8. The third kappa shape index (κ3) is 3.93. The van der Waals surface area contributed by atoms with Crippen molar-refractivity contribution < 1.29 is 19.1 Å². The summed E-state index contributed by atoms with van der Waals surface area (Å²) in [5, 5.41) is 18.4. The largest absolute Gasteiger partial charge is 0.507 e. The van der Waals surface area contributed by atoms with Crippen LogP contribution in [0.2, 0.25) is 0 Å². The van der Waals surface area contributed by atoms with Crippen molar-refractivity contribution in [1.29, 1.82) is 0 Å². The highest BCUT2D eigenvalue weighted by Crippen LogP contribution is 2.47. The summed E-state index contributed by atoms with van der Waals surface area (Å²) in [5.41, 5.74) is 4.75. The lowest BCUT2D eigenvalue weighted by molar-refractivity contribution is 0.482. The van der Waals surface area contributed by atoms with Crippen LogP contribution >= 0.6 is 0 Å². The topological polar surface area (TPSA) is 33.4 Å². The molecule has 0 unspecified atom stereocenters. The average molecular weight is 620 g/mol. The van der Waals surface area contributed by atoms with Crippen molar-refractivity contribution >= 4 is 65.0 Å². The molecule has 48 heavy (non-hydrogen) atoms. The van der Waals surface area contributed by atoms with E-state index in [4.69, 9.17) is 9.90 Å². The highest BCUT2D eigenvalue weighted by molar-refractivity contribution is 6.23. The Hall–Kier alpha value is -6.38. The summed E-state index contributed by atoms with van der Waals surface area (Å²) in [4.78, 5) is 0. The van der Waals surface area contributed by atoms with E-state index < -0.39 is 29.9 Å². The maximum absolute atomic E-state index is 11.8. The number of phenolic OH excluding ortho intramolecular Hbond substituents is 1. The second kappa shape index (κ2) is 10.3. The molecule has 1 aromatic heterocycles. The van der Waals surface area contributed by atoms with Crippen LogP contribution in [-0.4, -0.2) is 5.11 Å². The third-order valence-corrected chi connectivity index (χ3v) is 9.48. The quantitative estimate of drug-likeness (QED) is 0.158. The van der Waals surface area contributed by atoms with Gasteiger partial charge in [0.1, 0.15) is 16.9 Å². The Labute approximate surface area is 286 Å². The lowest BCUT2D eigenvalue weighted by Crippen LogP contribution is -1.91. The smallest absolute Gasteiger partial charge is 0.135 e. The Kier molecular flexibility index (Phi) is 4.45. The van der Waals surface area contributed by atoms with Gasteiger partial charge in [0, 0.05) is 21.7 Å². The predicted octanol–water partition coefficient (Wildman–Crippen LogP) is 12.9. The number of rotatable bonds is 3. The summed E-state index contributed by atoms with van der Waals surface area (Å²) < 4.78 is 68.9. The van der Waals surface area contributed by atoms with Crippen LogP contribution in [0.5, 0.6) is 5.75 Å². The minimum Gasteiger partial charge on any atom is -0.507 e. The fourth-order valence-corrected chi connectivity index (χ4v) is 7.33. The molecule has 10 rings (SSSR count). The molecule has 2 heteroatoms. The molecule has 0 bridgehead atoms. The fourth-order valence-electron chi connectivity index (χ4n) is 7.33. The molecule has 0 spiro atoms. The molecule has 0 aliphatic heterocycles. The van der Waals surface area contributed by atoms with Crippen molar-refractivity contribution in [3.63, 3.8) is 0 Å². The number of phenols is 1. The molecular formula is C46H28O2. The molecule has 2 nitrogen and oxygen atoms in total. The van der Waals surface area contributed by atoms with E-state index in [2.05, 4.69) is 36.4 Å². The van der Waals surface area contributed by atoms with Crippen molar-refractivity contribution in [1.82, 2.24) is 0 Å². The van der Waals surface area contributed by atoms with Crippen molar-refractivity contribution in [2.75, 3.05) is 0 Å². The van der Waals surface area contributed by atoms with Crippen molar-refractivity contribution in [2.24, 2.45) is 0 Å². The number of furan rings is 1. The van der Waals surface area contributed by atoms with Crippen LogP contribution in [0.4, 0.5) is 0 Å². The number of aromatic hydroxyl groups is 1. The van der Waals surface area contributed by atoms with Crippen LogP contribution in [0.1, 0.15) is 9.60 Å². The zero-order valence-electron chi connectivity index (χ0n) is 32.4. The van der Waals surface area contributed by atoms with E-state index in [1.54, 1.807) is 12.1 Å². The van der Waals surface area contributed by atoms with Gasteiger partial charge in [0.2, 0.25) is 0 Å². The lowest BCUT2D eigenvalue weighted by Gasteiger charge is -2.19. The number of benzene rings is 9. The van der Waals surface area contributed by atoms with Gasteiger partial charge < -0.3 is 9.52 Å². The highest BCUT2D eigenvalue weighted by atomic mass is 16.3. The van der Waals surface area contributed by atoms with Crippen molar-refractivity contribution in [2.45, 2.75) is 0 Å². The summed E-state index contributed by atoms with van der Waals surface area (Å²) in [6, 6.07) is 36.3. The summed E-state index contributed by atoms with van der Waals surface area (Å²) >= 11 is 0. The SMILES string of the molecule is [2H]c1c([2H])c([2H])c2c(-c3ccc4oc5ccccc5c4c3)c3c(O)c([2H])c([2H])c([2H])c3c(-c3ccc(-c4cccc5c4ccc4ccccc45)cc3)c2c1[2H]. The van der Waals surface area contributed by atoms with Gasteiger partial charge in [-0.3, -0.25) is 0 Å². The molecule has 0 radical (unpaired) electrons. The molecule has 0 fully saturated rings. The molecule has 0 aliphatic carbocycles. The summed E-state index contributed by atoms with van der Waals surface area (Å²) in [5.74, 6) is -0.543. The van der Waals surface area contributed by atoms with E-state index in [-0.39, 0.29) is 50.8 Å². The standard InChI is InChI=1S/C46H28O2/c47-41-17-8-16-39-44(30-21-19-29(20-22-30)33-14-7-15-34-32-10-2-1-9-28(32)23-25-35(33)34)37-12-3-4-13-38(37)45(46(39)41)31-24-26-43-40(27-31)36-11-5-6-18-42(36)48-43/h1-27,47H/i3D,4D,8D,12D,13D,16D,17D. The van der Waals surface area contributed by atoms with Crippen LogP contribution in [-0.2, 0) is 0 Å². The average Bonchev–Trinajstić information content (AvgIpc) is 3.60. The Balaban J connectivity index is 1.31. The first-order valence-electron chi connectivity index (χ1n) is 19.3. The van der Waals surface area contributed by atoms with Crippen LogP contribution in [0, 0.1) is 0 Å². The number of hydrogen-bond donors (Lipinski definition) is 1. The van der Waals surface area contributed by atoms with Gasteiger partial charge in [-0.05, 0) is 89.8 Å². The first-order chi connectivity index (χ1) is 26.6. The molecule has 10 aromatic rings. The van der Waals surface area contributed by atoms with Gasteiger partial charge >= 0.3 is 0 Å². The summed E-state index contributed by atoms with van der Waals surface area (Å²) in [6.45, 7) is 0. The van der Waals surface area contributed by atoms with Crippen LogP contribution in [0.25, 0.3) is 98.4 Å². The maximum atomic E-state index is 11.8. The minimum absolute atomic E-state index is 0.0655. The normalized spacial score (nSPS) is 13.9. The van der Waals surface area contributed by atoms with E-state index in [1.807, 2.05) is 72.8 Å². The number of para-hydroxylation sites is 1. The molecule has 0 atom stereocenters. The second-order valence-corrected chi connectivity index (χ2v) is 12.0. The monoisotopic (exact) mass is 619 g/mol. The van der Waals surface area contributed by atoms with E-state index in [9.17, 15) is 9.22 Å². The van der Waals surface area contributed by atoms with Gasteiger partial charge in [-0.2, -0.15) is 0 Å². The molecule has 0 saturated carbocycles. The summed E-state index contributed by atoms with van der Waals surface area (Å²) in [6.07, 6.45) is 0. The zero-order chi connectivity index (χ0) is 37.9. The Morgan fingerprint density at radius 1 is 0.438 bits per heavy atom. The summed E-state index contributed by atoms with van der Waals surface area (Å²) in [7, 11) is 0. The van der Waals surface area contributed by atoms with Crippen LogP contribution in [0.3, 0.4) is 0 Å². The van der Waals surface area contributed by atoms with Gasteiger partial charge in [-0.15, -0.1) is 0 Å². The predicted molar refractivity (Wildman–Crippen MR) is 202 cm³/mol. The van der Waals surface area contributed by atoms with E-state index in [0.717, 1.165) is 43.4 Å². The van der Waals surface area contributed by atoms with Gasteiger partial charge in [-0.25, -0.2) is 0 Å². The third-order valence-electron chi connectivity index (χ3n) is 9.48. The Bertz CT molecular complexity index is 3210. The van der Waals surface area contributed by atoms with Gasteiger partial charge in [0.05, 0.1) is 9.60 Å². The molecule has 0 saturated heterocycles. The molecule has 9 aromatic carbocycles. The van der Waals surface area contributed by atoms with E-state index >= 15 is 0 Å². The molecule has 0 aliphatic rings. The Morgan fingerprint density at radius 3 is 2.00 bits per heavy atom. The van der Waals surface area contributed by atoms with Crippen LogP contribution in [0.15, 0.2) is 168 Å². The molecule has 224 valence electrons. The van der Waals surface area contributed by atoms with Crippen molar-refractivity contribution in [3.8, 4) is 39.1 Å². The van der Waals surface area contributed by atoms with E-state index in [1.165, 1.54) is 0 Å². The molecule has 1 N–H and O–H groups in total. The minimum atomic E-state index is -0.543. The lowest BCUT2D eigenvalue weighted by atomic mass is 9.85. The zero-order valence-corrected chi connectivity index (χ0v) is 25.4.